The molecule has 1 aromatic rings. The number of aliphatic hydroxyl groups is 1. The van der Waals surface area contributed by atoms with Crippen LogP contribution in [0.25, 0.3) is 0 Å². The van der Waals surface area contributed by atoms with Gasteiger partial charge in [0.05, 0.1) is 6.61 Å². The molecule has 0 aliphatic heterocycles. The molecule has 0 saturated heterocycles. The molecule has 0 unspecified atom stereocenters. The number of nitrogens with zero attached hydrogens (tertiary/aromatic N) is 1. The smallest absolute Gasteiger partial charge is 0.387 e. The van der Waals surface area contributed by atoms with E-state index in [2.05, 4.69) is 4.74 Å². The van der Waals surface area contributed by atoms with Crippen molar-refractivity contribution in [3.05, 3.63) is 29.8 Å². The monoisotopic (exact) mass is 273 g/mol. The van der Waals surface area contributed by atoms with E-state index in [-0.39, 0.29) is 36.4 Å². The Labute approximate surface area is 110 Å². The average molecular weight is 273 g/mol. The number of alkyl halides is 2. The molecule has 106 valence electrons. The molecule has 0 aliphatic rings. The third-order valence-corrected chi connectivity index (χ3v) is 2.53. The summed E-state index contributed by atoms with van der Waals surface area (Å²) < 4.78 is 28.5. The highest BCUT2D eigenvalue weighted by Gasteiger charge is 2.18. The molecule has 0 aliphatic carbocycles. The number of amides is 1. The van der Waals surface area contributed by atoms with Crippen LogP contribution in [0.5, 0.6) is 5.75 Å². The molecule has 4 nitrogen and oxygen atoms in total. The van der Waals surface area contributed by atoms with Crippen molar-refractivity contribution in [2.45, 2.75) is 26.5 Å². The summed E-state index contributed by atoms with van der Waals surface area (Å²) >= 11 is 0. The van der Waals surface area contributed by atoms with Crippen molar-refractivity contribution < 1.29 is 23.4 Å². The SMILES string of the molecule is CC(C)N(CCO)C(=O)c1cccc(OC(F)F)c1. The van der Waals surface area contributed by atoms with E-state index in [9.17, 15) is 13.6 Å². The number of carbonyl (C=O) groups excluding carboxylic acids is 1. The van der Waals surface area contributed by atoms with Crippen LogP contribution in [0.2, 0.25) is 0 Å². The molecule has 1 N–H and O–H groups in total. The number of benzene rings is 1. The van der Waals surface area contributed by atoms with Crippen LogP contribution in [0, 0.1) is 0 Å². The molecule has 0 fully saturated rings. The molecule has 0 bridgehead atoms. The minimum Gasteiger partial charge on any atom is -0.435 e. The second kappa shape index (κ2) is 7.04. The number of halogens is 2. The fourth-order valence-corrected chi connectivity index (χ4v) is 1.67. The molecule has 0 radical (unpaired) electrons. The Morgan fingerprint density at radius 1 is 1.42 bits per heavy atom. The van der Waals surface area contributed by atoms with Crippen LogP contribution < -0.4 is 4.74 Å². The maximum atomic E-state index is 12.2. The van der Waals surface area contributed by atoms with E-state index >= 15 is 0 Å². The first-order valence-electron chi connectivity index (χ1n) is 5.92. The maximum Gasteiger partial charge on any atom is 0.387 e. The number of carbonyl (C=O) groups is 1. The third-order valence-electron chi connectivity index (χ3n) is 2.53. The van der Waals surface area contributed by atoms with E-state index < -0.39 is 6.61 Å². The Kier molecular flexibility index (Phi) is 5.69. The number of rotatable bonds is 6. The van der Waals surface area contributed by atoms with Gasteiger partial charge in [0.2, 0.25) is 0 Å². The molecule has 1 aromatic carbocycles. The first-order valence-corrected chi connectivity index (χ1v) is 5.92. The summed E-state index contributed by atoms with van der Waals surface area (Å²) in [4.78, 5) is 13.6. The summed E-state index contributed by atoms with van der Waals surface area (Å²) in [6, 6.07) is 5.52. The van der Waals surface area contributed by atoms with E-state index in [4.69, 9.17) is 5.11 Å². The molecular formula is C13H17F2NO3. The van der Waals surface area contributed by atoms with Crippen molar-refractivity contribution in [3.63, 3.8) is 0 Å². The maximum absolute atomic E-state index is 12.2. The summed E-state index contributed by atoms with van der Waals surface area (Å²) in [6.07, 6.45) is 0. The van der Waals surface area contributed by atoms with Crippen molar-refractivity contribution in [2.24, 2.45) is 0 Å². The predicted octanol–water partition coefficient (Wildman–Crippen LogP) is 2.13. The van der Waals surface area contributed by atoms with E-state index in [1.807, 2.05) is 13.8 Å². The van der Waals surface area contributed by atoms with Crippen LogP contribution >= 0.6 is 0 Å². The second-order valence-electron chi connectivity index (χ2n) is 4.22. The Bertz CT molecular complexity index is 424. The number of hydrogen-bond acceptors (Lipinski definition) is 3. The van der Waals surface area contributed by atoms with Gasteiger partial charge in [-0.3, -0.25) is 4.79 Å². The van der Waals surface area contributed by atoms with Gasteiger partial charge in [0.25, 0.3) is 5.91 Å². The number of aliphatic hydroxyl groups excluding tert-OH is 1. The zero-order valence-electron chi connectivity index (χ0n) is 10.8. The summed E-state index contributed by atoms with van der Waals surface area (Å²) in [7, 11) is 0. The normalized spacial score (nSPS) is 10.9. The molecule has 1 amide bonds. The fraction of sp³-hybridized carbons (Fsp3) is 0.462. The van der Waals surface area contributed by atoms with E-state index in [0.29, 0.717) is 0 Å². The minimum atomic E-state index is -2.93. The lowest BCUT2D eigenvalue weighted by Gasteiger charge is -2.26. The Morgan fingerprint density at radius 2 is 2.11 bits per heavy atom. The lowest BCUT2D eigenvalue weighted by molar-refractivity contribution is -0.0499. The van der Waals surface area contributed by atoms with Gasteiger partial charge < -0.3 is 14.7 Å². The predicted molar refractivity (Wildman–Crippen MR) is 66.3 cm³/mol. The molecule has 0 heterocycles. The summed E-state index contributed by atoms with van der Waals surface area (Å²) in [6.45, 7) is 0.734. The van der Waals surface area contributed by atoms with Crippen LogP contribution in [-0.4, -0.2) is 41.7 Å². The van der Waals surface area contributed by atoms with Crippen LogP contribution in [-0.2, 0) is 0 Å². The summed E-state index contributed by atoms with van der Waals surface area (Å²) in [5.74, 6) is -0.391. The van der Waals surface area contributed by atoms with E-state index in [0.717, 1.165) is 0 Å². The van der Waals surface area contributed by atoms with Gasteiger partial charge in [-0.1, -0.05) is 6.07 Å². The highest BCUT2D eigenvalue weighted by molar-refractivity contribution is 5.94. The molecule has 19 heavy (non-hydrogen) atoms. The topological polar surface area (TPSA) is 49.8 Å². The summed E-state index contributed by atoms with van der Waals surface area (Å²) in [5.41, 5.74) is 0.250. The van der Waals surface area contributed by atoms with Gasteiger partial charge in [0.15, 0.2) is 0 Å². The van der Waals surface area contributed by atoms with E-state index in [1.165, 1.54) is 29.2 Å². The molecule has 0 saturated carbocycles. The van der Waals surface area contributed by atoms with E-state index in [1.54, 1.807) is 0 Å². The lowest BCUT2D eigenvalue weighted by Crippen LogP contribution is -2.39. The highest BCUT2D eigenvalue weighted by atomic mass is 19.3. The van der Waals surface area contributed by atoms with Crippen LogP contribution in [0.15, 0.2) is 24.3 Å². The quantitative estimate of drug-likeness (QED) is 0.863. The molecule has 0 aromatic heterocycles. The molecule has 0 spiro atoms. The van der Waals surface area contributed by atoms with Crippen molar-refractivity contribution >= 4 is 5.91 Å². The first-order chi connectivity index (χ1) is 8.95. The zero-order chi connectivity index (χ0) is 14.4. The average Bonchev–Trinajstić information content (AvgIpc) is 2.34. The van der Waals surface area contributed by atoms with Gasteiger partial charge in [0.1, 0.15) is 5.75 Å². The summed E-state index contributed by atoms with van der Waals surface area (Å²) in [5, 5.41) is 8.94. The fourth-order valence-electron chi connectivity index (χ4n) is 1.67. The third kappa shape index (κ3) is 4.48. The zero-order valence-corrected chi connectivity index (χ0v) is 10.8. The van der Waals surface area contributed by atoms with Gasteiger partial charge in [-0.2, -0.15) is 8.78 Å². The van der Waals surface area contributed by atoms with Gasteiger partial charge in [-0.25, -0.2) is 0 Å². The van der Waals surface area contributed by atoms with Gasteiger partial charge >= 0.3 is 6.61 Å². The second-order valence-corrected chi connectivity index (χ2v) is 4.22. The number of hydrogen-bond donors (Lipinski definition) is 1. The lowest BCUT2D eigenvalue weighted by atomic mass is 10.1. The van der Waals surface area contributed by atoms with Crippen molar-refractivity contribution in [1.82, 2.24) is 4.90 Å². The molecule has 6 heteroatoms. The minimum absolute atomic E-state index is 0.0615. The highest BCUT2D eigenvalue weighted by Crippen LogP contribution is 2.18. The Morgan fingerprint density at radius 3 is 2.63 bits per heavy atom. The Balaban J connectivity index is 2.91. The van der Waals surface area contributed by atoms with Crippen molar-refractivity contribution in [1.29, 1.82) is 0 Å². The van der Waals surface area contributed by atoms with Crippen LogP contribution in [0.1, 0.15) is 24.2 Å². The van der Waals surface area contributed by atoms with Crippen molar-refractivity contribution in [2.75, 3.05) is 13.2 Å². The Hall–Kier alpha value is -1.69. The number of ether oxygens (including phenoxy) is 1. The standard InChI is InChI=1S/C13H17F2NO3/c1-9(2)16(6-7-17)12(18)10-4-3-5-11(8-10)19-13(14)15/h3-5,8-9,13,17H,6-7H2,1-2H3. The molecule has 1 rings (SSSR count). The van der Waals surface area contributed by atoms with Crippen molar-refractivity contribution in [3.8, 4) is 5.75 Å². The molecular weight excluding hydrogens is 256 g/mol. The van der Waals surface area contributed by atoms with Gasteiger partial charge in [0, 0.05) is 18.2 Å². The van der Waals surface area contributed by atoms with Crippen LogP contribution in [0.3, 0.4) is 0 Å². The largest absolute Gasteiger partial charge is 0.435 e. The molecule has 0 atom stereocenters. The van der Waals surface area contributed by atoms with Crippen LogP contribution in [0.4, 0.5) is 8.78 Å². The van der Waals surface area contributed by atoms with Gasteiger partial charge in [-0.15, -0.1) is 0 Å². The van der Waals surface area contributed by atoms with Gasteiger partial charge in [-0.05, 0) is 32.0 Å². The first kappa shape index (κ1) is 15.4.